The quantitative estimate of drug-likeness (QED) is 0.163. The maximum atomic E-state index is 3.02. The standard InChI is InChI=1S/C77H80BN3S/c1-70(2,3)50-29-32-59(54(41-50)48-26-18-15-19-27-48)79-61-33-35-65-66-55-42-51(30-34-64(55)82-65)77(71(4,5)6,72(7,8)9)52-43-57-69-58(44-52)78(68(61)66)67-62(79)45-53(46-63(67)81(69)76(13)39-23-21-37-74(57,76)11)80-60-31-28-49(47-24-16-14-17-25-47)40-56(60)73(10)36-20-22-38-75(73,80)12/h14-19,24-35,40-46H,20-23,36-39H2,1-13H3. The van der Waals surface area contributed by atoms with Crippen molar-refractivity contribution in [1.82, 2.24) is 0 Å². The first-order valence-electron chi connectivity index (χ1n) is 31.2. The molecule has 4 atom stereocenters. The van der Waals surface area contributed by atoms with Gasteiger partial charge in [-0.25, -0.2) is 0 Å². The molecule has 2 aliphatic carbocycles. The van der Waals surface area contributed by atoms with Crippen LogP contribution in [-0.4, -0.2) is 17.8 Å². The molecule has 0 saturated heterocycles. The molecule has 82 heavy (non-hydrogen) atoms. The van der Waals surface area contributed by atoms with E-state index in [1.807, 2.05) is 11.3 Å². The van der Waals surface area contributed by atoms with Gasteiger partial charge in [-0.3, -0.25) is 0 Å². The van der Waals surface area contributed by atoms with Gasteiger partial charge in [-0.15, -0.1) is 11.3 Å². The van der Waals surface area contributed by atoms with Gasteiger partial charge in [0.25, 0.3) is 6.71 Å². The van der Waals surface area contributed by atoms with E-state index in [1.54, 1.807) is 5.56 Å². The number of anilines is 7. The Hall–Kier alpha value is -6.56. The fraction of sp³-hybridized carbons (Fsp3) is 0.377. The van der Waals surface area contributed by atoms with Crippen LogP contribution < -0.4 is 31.1 Å². The molecule has 7 aliphatic rings. The van der Waals surface area contributed by atoms with Crippen LogP contribution in [0.15, 0.2) is 152 Å². The second-order valence-electron chi connectivity index (χ2n) is 30.3. The van der Waals surface area contributed by atoms with Crippen molar-refractivity contribution in [2.45, 2.75) is 174 Å². The summed E-state index contributed by atoms with van der Waals surface area (Å²) in [7, 11) is 0. The molecule has 3 nitrogen and oxygen atoms in total. The van der Waals surface area contributed by atoms with Crippen molar-refractivity contribution in [3.8, 4) is 22.3 Å². The highest BCUT2D eigenvalue weighted by Crippen LogP contribution is 2.67. The molecule has 6 heterocycles. The average molecular weight is 1090 g/mol. The Balaban J connectivity index is 1.09. The lowest BCUT2D eigenvalue weighted by atomic mass is 9.32. The zero-order chi connectivity index (χ0) is 56.6. The fourth-order valence-electron chi connectivity index (χ4n) is 19.5. The number of benzene rings is 8. The van der Waals surface area contributed by atoms with Crippen molar-refractivity contribution in [3.05, 3.63) is 179 Å². The normalized spacial score (nSPS) is 24.5. The highest BCUT2D eigenvalue weighted by Gasteiger charge is 2.64. The van der Waals surface area contributed by atoms with Gasteiger partial charge in [0.15, 0.2) is 0 Å². The summed E-state index contributed by atoms with van der Waals surface area (Å²) in [5.41, 5.74) is 25.3. The third-order valence-electron chi connectivity index (χ3n) is 23.4. The second-order valence-corrected chi connectivity index (χ2v) is 31.4. The van der Waals surface area contributed by atoms with Crippen molar-refractivity contribution in [1.29, 1.82) is 0 Å². The molecule has 0 amide bonds. The highest BCUT2D eigenvalue weighted by atomic mass is 32.1. The summed E-state index contributed by atoms with van der Waals surface area (Å²) in [5.74, 6) is 0. The maximum absolute atomic E-state index is 3.02. The van der Waals surface area contributed by atoms with E-state index < -0.39 is 0 Å². The van der Waals surface area contributed by atoms with E-state index in [0.29, 0.717) is 0 Å². The molecule has 412 valence electrons. The van der Waals surface area contributed by atoms with E-state index in [9.17, 15) is 0 Å². The SMILES string of the molecule is CC(C)(C)c1ccc(N2c3cc(N4c5ccc(-c6ccccc6)cc5C5(C)CCCCC45C)cc4c3B3c5cc(cc6c5N4C4(C)CCCCC64C)C(C(C)(C)C)(C(C)(C)C)c4ccc5sc6ccc2c3c6c5c4)c(-c2ccccc2)c1. The molecular formula is C77H80BN3S. The summed E-state index contributed by atoms with van der Waals surface area (Å²) < 4.78 is 2.76. The van der Waals surface area contributed by atoms with Gasteiger partial charge in [0, 0.05) is 70.7 Å². The zero-order valence-corrected chi connectivity index (χ0v) is 51.7. The van der Waals surface area contributed by atoms with Gasteiger partial charge in [-0.1, -0.05) is 193 Å². The third kappa shape index (κ3) is 6.19. The molecule has 0 spiro atoms. The van der Waals surface area contributed by atoms with Crippen LogP contribution in [0.1, 0.15) is 169 Å². The van der Waals surface area contributed by atoms with Crippen LogP contribution in [0.3, 0.4) is 0 Å². The minimum Gasteiger partial charge on any atom is -0.335 e. The molecule has 4 unspecified atom stereocenters. The zero-order valence-electron chi connectivity index (χ0n) is 50.9. The maximum Gasteiger partial charge on any atom is 0.253 e. The topological polar surface area (TPSA) is 9.72 Å². The van der Waals surface area contributed by atoms with Gasteiger partial charge in [0.1, 0.15) is 0 Å². The molecule has 4 bridgehead atoms. The Labute approximate surface area is 492 Å². The molecule has 5 heteroatoms. The summed E-state index contributed by atoms with van der Waals surface area (Å²) >= 11 is 1.99. The number of thiophene rings is 1. The smallest absolute Gasteiger partial charge is 0.253 e. The first kappa shape index (κ1) is 51.1. The van der Waals surface area contributed by atoms with Crippen LogP contribution >= 0.6 is 11.3 Å². The van der Waals surface area contributed by atoms with Gasteiger partial charge >= 0.3 is 0 Å². The van der Waals surface area contributed by atoms with E-state index in [2.05, 4.69) is 256 Å². The fourth-order valence-corrected chi connectivity index (χ4v) is 20.6. The average Bonchev–Trinajstić information content (AvgIpc) is 1.46. The monoisotopic (exact) mass is 1090 g/mol. The van der Waals surface area contributed by atoms with Gasteiger partial charge in [0.2, 0.25) is 0 Å². The number of hydrogen-bond acceptors (Lipinski definition) is 4. The first-order valence-corrected chi connectivity index (χ1v) is 32.0. The largest absolute Gasteiger partial charge is 0.335 e. The van der Waals surface area contributed by atoms with Gasteiger partial charge in [0.05, 0.1) is 16.8 Å². The summed E-state index contributed by atoms with van der Waals surface area (Å²) in [6.45, 7) is 33.0. The number of rotatable bonds is 4. The summed E-state index contributed by atoms with van der Waals surface area (Å²) in [6, 6.07) is 61.3. The molecule has 0 N–H and O–H groups in total. The summed E-state index contributed by atoms with van der Waals surface area (Å²) in [5, 5.41) is 2.85. The van der Waals surface area contributed by atoms with Crippen molar-refractivity contribution < 1.29 is 0 Å². The Morgan fingerprint density at radius 1 is 0.463 bits per heavy atom. The lowest BCUT2D eigenvalue weighted by Gasteiger charge is -2.55. The molecule has 2 saturated carbocycles. The van der Waals surface area contributed by atoms with Gasteiger partial charge in [-0.05, 0) is 183 Å². The lowest BCUT2D eigenvalue weighted by molar-refractivity contribution is 0.0906. The predicted octanol–water partition coefficient (Wildman–Crippen LogP) is 19.5. The minimum atomic E-state index is -0.323. The number of hydrogen-bond donors (Lipinski definition) is 0. The number of fused-ring (bicyclic) bond motifs is 9. The first-order chi connectivity index (χ1) is 39.0. The van der Waals surface area contributed by atoms with Gasteiger partial charge < -0.3 is 14.7 Å². The van der Waals surface area contributed by atoms with Crippen molar-refractivity contribution in [2.75, 3.05) is 14.7 Å². The molecular weight excluding hydrogens is 1010 g/mol. The van der Waals surface area contributed by atoms with E-state index in [-0.39, 0.29) is 50.3 Å². The van der Waals surface area contributed by atoms with Crippen LogP contribution in [0.5, 0.6) is 0 Å². The van der Waals surface area contributed by atoms with Crippen molar-refractivity contribution >= 4 is 94.4 Å². The van der Waals surface area contributed by atoms with Crippen molar-refractivity contribution in [2.24, 2.45) is 10.8 Å². The molecule has 5 aliphatic heterocycles. The minimum absolute atomic E-state index is 0.00709. The Morgan fingerprint density at radius 3 is 1.76 bits per heavy atom. The van der Waals surface area contributed by atoms with Crippen LogP contribution in [0.2, 0.25) is 0 Å². The Morgan fingerprint density at radius 2 is 1.07 bits per heavy atom. The molecule has 8 aromatic carbocycles. The molecule has 9 aromatic rings. The van der Waals surface area contributed by atoms with E-state index in [0.717, 1.165) is 12.8 Å². The predicted molar refractivity (Wildman–Crippen MR) is 354 cm³/mol. The van der Waals surface area contributed by atoms with E-state index >= 15 is 0 Å². The van der Waals surface area contributed by atoms with Gasteiger partial charge in [-0.2, -0.15) is 0 Å². The van der Waals surface area contributed by atoms with E-state index in [4.69, 9.17) is 0 Å². The number of nitrogens with zero attached hydrogens (tertiary/aromatic N) is 3. The Kier molecular flexibility index (Phi) is 10.2. The lowest BCUT2D eigenvalue weighted by Crippen LogP contribution is -2.65. The summed E-state index contributed by atoms with van der Waals surface area (Å²) in [4.78, 5) is 8.71. The van der Waals surface area contributed by atoms with E-state index in [1.165, 1.54) is 159 Å². The van der Waals surface area contributed by atoms with Crippen LogP contribution in [-0.2, 0) is 21.7 Å². The summed E-state index contributed by atoms with van der Waals surface area (Å²) in [6.07, 6.45) is 9.57. The third-order valence-corrected chi connectivity index (χ3v) is 24.5. The second kappa shape index (κ2) is 16.4. The Bertz CT molecular complexity index is 4210. The molecule has 2 fully saturated rings. The molecule has 16 rings (SSSR count). The molecule has 1 aromatic heterocycles. The van der Waals surface area contributed by atoms with Crippen LogP contribution in [0.25, 0.3) is 42.4 Å². The highest BCUT2D eigenvalue weighted by molar-refractivity contribution is 7.26. The van der Waals surface area contributed by atoms with Crippen LogP contribution in [0, 0.1) is 10.8 Å². The molecule has 0 radical (unpaired) electrons. The van der Waals surface area contributed by atoms with Crippen LogP contribution in [0.4, 0.5) is 39.8 Å². The van der Waals surface area contributed by atoms with Crippen molar-refractivity contribution in [3.63, 3.8) is 0 Å².